The van der Waals surface area contributed by atoms with Crippen LogP contribution in [0, 0.1) is 0 Å². The topological polar surface area (TPSA) is 110 Å². The Kier molecular flexibility index (Phi) is 8.01. The Hall–Kier alpha value is -3.31. The van der Waals surface area contributed by atoms with E-state index < -0.39 is 6.10 Å². The molecule has 0 radical (unpaired) electrons. The SMILES string of the molecule is C=C(C)C(O)CC/C(C)=C/Cc1c(O)ccc(C(=O)/C=C/c2ccc(N)cc2)c1N. The van der Waals surface area contributed by atoms with E-state index in [-0.39, 0.29) is 17.2 Å². The molecule has 0 aliphatic carbocycles. The minimum atomic E-state index is -0.527. The smallest absolute Gasteiger partial charge is 0.187 e. The van der Waals surface area contributed by atoms with E-state index in [0.29, 0.717) is 36.1 Å². The number of carbonyl (C=O) groups excluding carboxylic acids is 1. The molecule has 0 bridgehead atoms. The molecule has 0 aliphatic heterocycles. The van der Waals surface area contributed by atoms with Gasteiger partial charge in [-0.25, -0.2) is 0 Å². The second-order valence-corrected chi connectivity index (χ2v) is 7.54. The zero-order valence-electron chi connectivity index (χ0n) is 17.6. The molecule has 5 heteroatoms. The fourth-order valence-electron chi connectivity index (χ4n) is 2.94. The molecule has 0 aliphatic rings. The van der Waals surface area contributed by atoms with Gasteiger partial charge in [-0.05, 0) is 69.0 Å². The monoisotopic (exact) mass is 406 g/mol. The first kappa shape index (κ1) is 23.0. The summed E-state index contributed by atoms with van der Waals surface area (Å²) in [6, 6.07) is 10.2. The molecule has 6 N–H and O–H groups in total. The van der Waals surface area contributed by atoms with Crippen LogP contribution in [0.5, 0.6) is 5.75 Å². The number of hydrogen-bond acceptors (Lipinski definition) is 5. The Labute approximate surface area is 178 Å². The summed E-state index contributed by atoms with van der Waals surface area (Å²) in [4.78, 5) is 12.6. The van der Waals surface area contributed by atoms with Crippen molar-refractivity contribution in [3.8, 4) is 5.75 Å². The molecule has 5 nitrogen and oxygen atoms in total. The second kappa shape index (κ2) is 10.5. The van der Waals surface area contributed by atoms with E-state index in [4.69, 9.17) is 11.5 Å². The number of hydrogen-bond donors (Lipinski definition) is 4. The highest BCUT2D eigenvalue weighted by Gasteiger charge is 2.14. The van der Waals surface area contributed by atoms with Crippen molar-refractivity contribution < 1.29 is 15.0 Å². The number of aliphatic hydroxyl groups excluding tert-OH is 1. The predicted molar refractivity (Wildman–Crippen MR) is 124 cm³/mol. The van der Waals surface area contributed by atoms with Gasteiger partial charge >= 0.3 is 0 Å². The molecular weight excluding hydrogens is 376 g/mol. The molecule has 0 heterocycles. The van der Waals surface area contributed by atoms with E-state index in [9.17, 15) is 15.0 Å². The Bertz CT molecular complexity index is 973. The van der Waals surface area contributed by atoms with Crippen molar-refractivity contribution in [3.05, 3.63) is 83.0 Å². The van der Waals surface area contributed by atoms with Crippen molar-refractivity contribution in [2.75, 3.05) is 11.5 Å². The van der Waals surface area contributed by atoms with Crippen LogP contribution in [0.25, 0.3) is 6.08 Å². The normalized spacial score (nSPS) is 12.8. The largest absolute Gasteiger partial charge is 0.508 e. The zero-order chi connectivity index (χ0) is 22.3. The minimum absolute atomic E-state index is 0.0533. The molecule has 2 rings (SSSR count). The number of ketones is 1. The van der Waals surface area contributed by atoms with Crippen molar-refractivity contribution in [2.45, 2.75) is 39.2 Å². The third kappa shape index (κ3) is 6.36. The highest BCUT2D eigenvalue weighted by Crippen LogP contribution is 2.29. The van der Waals surface area contributed by atoms with Crippen LogP contribution in [0.1, 0.15) is 48.2 Å². The average molecular weight is 407 g/mol. The van der Waals surface area contributed by atoms with Crippen molar-refractivity contribution in [1.29, 1.82) is 0 Å². The predicted octanol–water partition coefficient (Wildman–Crippen LogP) is 4.66. The molecule has 0 saturated heterocycles. The molecule has 0 amide bonds. The lowest BCUT2D eigenvalue weighted by Gasteiger charge is -2.12. The quantitative estimate of drug-likeness (QED) is 0.210. The first-order valence-electron chi connectivity index (χ1n) is 9.86. The molecule has 1 atom stereocenters. The Morgan fingerprint density at radius 2 is 1.80 bits per heavy atom. The van der Waals surface area contributed by atoms with Crippen LogP contribution >= 0.6 is 0 Å². The average Bonchev–Trinajstić information content (AvgIpc) is 2.71. The number of phenols is 1. The summed E-state index contributed by atoms with van der Waals surface area (Å²) in [5.41, 5.74) is 16.3. The lowest BCUT2D eigenvalue weighted by atomic mass is 9.98. The molecule has 0 saturated carbocycles. The number of aliphatic hydroxyl groups is 1. The van der Waals surface area contributed by atoms with E-state index in [2.05, 4.69) is 6.58 Å². The van der Waals surface area contributed by atoms with Gasteiger partial charge in [-0.1, -0.05) is 42.0 Å². The number of rotatable bonds is 9. The summed E-state index contributed by atoms with van der Waals surface area (Å²) < 4.78 is 0. The van der Waals surface area contributed by atoms with Crippen LogP contribution in [-0.4, -0.2) is 22.1 Å². The van der Waals surface area contributed by atoms with Crippen molar-refractivity contribution >= 4 is 23.2 Å². The standard InChI is InChI=1S/C25H30N2O3/c1-16(2)22(28)13-5-17(3)4-11-20-24(30)15-12-21(25(20)27)23(29)14-8-18-6-9-19(26)10-7-18/h4,6-10,12,14-15,22,28,30H,1,5,11,13,26-27H2,2-3H3/b14-8+,17-4+. The number of nitrogen functional groups attached to an aromatic ring is 2. The van der Waals surface area contributed by atoms with Gasteiger partial charge in [-0.3, -0.25) is 4.79 Å². The molecule has 30 heavy (non-hydrogen) atoms. The van der Waals surface area contributed by atoms with Gasteiger partial charge in [0.1, 0.15) is 5.75 Å². The van der Waals surface area contributed by atoms with Gasteiger partial charge in [0.15, 0.2) is 5.78 Å². The van der Waals surface area contributed by atoms with Crippen LogP contribution < -0.4 is 11.5 Å². The van der Waals surface area contributed by atoms with Crippen LogP contribution in [-0.2, 0) is 6.42 Å². The summed E-state index contributed by atoms with van der Waals surface area (Å²) in [6.07, 6.45) is 6.28. The number of anilines is 2. The van der Waals surface area contributed by atoms with E-state index in [0.717, 1.165) is 16.7 Å². The highest BCUT2D eigenvalue weighted by atomic mass is 16.3. The molecule has 0 spiro atoms. The number of phenolic OH excluding ortho intramolecular Hbond substituents is 1. The minimum Gasteiger partial charge on any atom is -0.508 e. The van der Waals surface area contributed by atoms with Gasteiger partial charge in [-0.2, -0.15) is 0 Å². The molecular formula is C25H30N2O3. The van der Waals surface area contributed by atoms with Gasteiger partial charge < -0.3 is 21.7 Å². The Morgan fingerprint density at radius 3 is 2.43 bits per heavy atom. The maximum atomic E-state index is 12.6. The molecule has 2 aromatic rings. The van der Waals surface area contributed by atoms with Crippen molar-refractivity contribution in [1.82, 2.24) is 0 Å². The first-order chi connectivity index (χ1) is 14.2. The highest BCUT2D eigenvalue weighted by molar-refractivity contribution is 6.10. The molecule has 0 aromatic heterocycles. The number of aromatic hydroxyl groups is 1. The number of nitrogens with two attached hydrogens (primary N) is 2. The van der Waals surface area contributed by atoms with E-state index >= 15 is 0 Å². The number of benzene rings is 2. The van der Waals surface area contributed by atoms with Gasteiger partial charge in [0, 0.05) is 22.5 Å². The van der Waals surface area contributed by atoms with Crippen LogP contribution in [0.3, 0.4) is 0 Å². The lowest BCUT2D eigenvalue weighted by molar-refractivity contribution is 0.104. The molecule has 1 unspecified atom stereocenters. The maximum absolute atomic E-state index is 12.6. The first-order valence-corrected chi connectivity index (χ1v) is 9.86. The van der Waals surface area contributed by atoms with E-state index in [1.54, 1.807) is 25.1 Å². The fraction of sp³-hybridized carbons (Fsp3) is 0.240. The van der Waals surface area contributed by atoms with Crippen molar-refractivity contribution in [2.24, 2.45) is 0 Å². The molecule has 0 fully saturated rings. The Balaban J connectivity index is 2.14. The van der Waals surface area contributed by atoms with Crippen LogP contribution in [0.2, 0.25) is 0 Å². The molecule has 158 valence electrons. The van der Waals surface area contributed by atoms with Gasteiger partial charge in [-0.15, -0.1) is 0 Å². The summed E-state index contributed by atoms with van der Waals surface area (Å²) in [5, 5.41) is 20.1. The summed E-state index contributed by atoms with van der Waals surface area (Å²) in [5.74, 6) is -0.187. The zero-order valence-corrected chi connectivity index (χ0v) is 17.6. The van der Waals surface area contributed by atoms with Crippen LogP contribution in [0.15, 0.2) is 66.3 Å². The summed E-state index contributed by atoms with van der Waals surface area (Å²) >= 11 is 0. The van der Waals surface area contributed by atoms with Crippen molar-refractivity contribution in [3.63, 3.8) is 0 Å². The lowest BCUT2D eigenvalue weighted by Crippen LogP contribution is -2.07. The van der Waals surface area contributed by atoms with Crippen LogP contribution in [0.4, 0.5) is 11.4 Å². The second-order valence-electron chi connectivity index (χ2n) is 7.54. The maximum Gasteiger partial charge on any atom is 0.187 e. The Morgan fingerprint density at radius 1 is 1.13 bits per heavy atom. The molecule has 2 aromatic carbocycles. The number of allylic oxidation sites excluding steroid dienone is 3. The van der Waals surface area contributed by atoms with Gasteiger partial charge in [0.25, 0.3) is 0 Å². The van der Waals surface area contributed by atoms with Gasteiger partial charge in [0.2, 0.25) is 0 Å². The summed E-state index contributed by atoms with van der Waals surface area (Å²) in [7, 11) is 0. The van der Waals surface area contributed by atoms with E-state index in [1.165, 1.54) is 18.2 Å². The van der Waals surface area contributed by atoms with Gasteiger partial charge in [0.05, 0.1) is 6.10 Å². The number of carbonyl (C=O) groups is 1. The van der Waals surface area contributed by atoms with E-state index in [1.807, 2.05) is 25.1 Å². The fourth-order valence-corrected chi connectivity index (χ4v) is 2.94. The summed E-state index contributed by atoms with van der Waals surface area (Å²) in [6.45, 7) is 7.51. The third-order valence-electron chi connectivity index (χ3n) is 5.00. The third-order valence-corrected chi connectivity index (χ3v) is 5.00.